The van der Waals surface area contributed by atoms with Gasteiger partial charge in [0.05, 0.1) is 0 Å². The van der Waals surface area contributed by atoms with Gasteiger partial charge < -0.3 is 9.73 Å². The first kappa shape index (κ1) is 20.2. The number of amides is 1. The molecule has 0 saturated carbocycles. The number of nitrogens with zero attached hydrogens (tertiary/aromatic N) is 5. The number of rotatable bonds is 5. The number of aromatic nitrogens is 4. The fourth-order valence-corrected chi connectivity index (χ4v) is 4.64. The molecule has 30 heavy (non-hydrogen) atoms. The largest absolute Gasteiger partial charge is 0.438 e. The average Bonchev–Trinajstić information content (AvgIpc) is 3.40. The number of anilines is 1. The zero-order valence-corrected chi connectivity index (χ0v) is 16.9. The van der Waals surface area contributed by atoms with Gasteiger partial charge in [-0.2, -0.15) is 8.99 Å². The van der Waals surface area contributed by atoms with Crippen LogP contribution in [-0.4, -0.2) is 51.9 Å². The number of carbonyl (C=O) groups excluding carboxylic acids is 1. The van der Waals surface area contributed by atoms with E-state index in [0.29, 0.717) is 18.9 Å². The number of carbonyl (C=O) groups is 1. The summed E-state index contributed by atoms with van der Waals surface area (Å²) in [5.74, 6) is -1.04. The molecule has 0 aliphatic carbocycles. The summed E-state index contributed by atoms with van der Waals surface area (Å²) in [5, 5.41) is 13.2. The Kier molecular flexibility index (Phi) is 5.35. The first-order chi connectivity index (χ1) is 14.4. The maximum Gasteiger partial charge on any atom is 0.291 e. The lowest BCUT2D eigenvalue weighted by Crippen LogP contribution is -2.35. The summed E-state index contributed by atoms with van der Waals surface area (Å²) >= 11 is 0. The minimum atomic E-state index is -3.78. The van der Waals surface area contributed by atoms with Crippen LogP contribution in [0, 0.1) is 12.7 Å². The minimum Gasteiger partial charge on any atom is -0.438 e. The smallest absolute Gasteiger partial charge is 0.291 e. The number of halogens is 1. The van der Waals surface area contributed by atoms with Crippen LogP contribution in [0.15, 0.2) is 39.8 Å². The summed E-state index contributed by atoms with van der Waals surface area (Å²) in [6, 6.07) is 6.46. The third kappa shape index (κ3) is 3.83. The molecule has 1 saturated heterocycles. The average molecular weight is 434 g/mol. The monoisotopic (exact) mass is 434 g/mol. The van der Waals surface area contributed by atoms with Crippen LogP contribution >= 0.6 is 0 Å². The summed E-state index contributed by atoms with van der Waals surface area (Å²) in [5.41, 5.74) is 0.325. The predicted molar refractivity (Wildman–Crippen MR) is 103 cm³/mol. The summed E-state index contributed by atoms with van der Waals surface area (Å²) in [4.78, 5) is 12.5. The van der Waals surface area contributed by atoms with Gasteiger partial charge in [0.25, 0.3) is 15.9 Å². The van der Waals surface area contributed by atoms with E-state index in [1.165, 1.54) is 39.3 Å². The highest BCUT2D eigenvalue weighted by Crippen LogP contribution is 2.24. The van der Waals surface area contributed by atoms with Gasteiger partial charge in [0, 0.05) is 18.8 Å². The molecule has 2 aromatic heterocycles. The summed E-state index contributed by atoms with van der Waals surface area (Å²) < 4.78 is 47.4. The van der Waals surface area contributed by atoms with Gasteiger partial charge in [0.15, 0.2) is 11.6 Å². The molecule has 0 bridgehead atoms. The molecule has 1 aliphatic rings. The van der Waals surface area contributed by atoms with Crippen LogP contribution in [0.3, 0.4) is 0 Å². The highest BCUT2D eigenvalue weighted by atomic mass is 32.2. The van der Waals surface area contributed by atoms with Gasteiger partial charge in [-0.1, -0.05) is 6.42 Å². The number of furan rings is 1. The summed E-state index contributed by atoms with van der Waals surface area (Å²) in [6.07, 6.45) is 2.57. The molecule has 4 rings (SSSR count). The molecule has 1 N–H and O–H groups in total. The van der Waals surface area contributed by atoms with Crippen molar-refractivity contribution in [2.75, 3.05) is 18.4 Å². The van der Waals surface area contributed by atoms with Crippen molar-refractivity contribution in [2.45, 2.75) is 31.3 Å². The number of aryl methyl sites for hydroxylation is 1. The van der Waals surface area contributed by atoms with E-state index in [-0.39, 0.29) is 22.2 Å². The SMILES string of the molecule is Cc1nnnn1-c1cc(NC(=O)c2ccc(S(=O)(=O)N3CCCCC3)o2)ccc1F. The van der Waals surface area contributed by atoms with Crippen molar-refractivity contribution in [3.8, 4) is 5.69 Å². The Labute approximate surface area is 171 Å². The van der Waals surface area contributed by atoms with Crippen molar-refractivity contribution in [3.63, 3.8) is 0 Å². The van der Waals surface area contributed by atoms with Crippen LogP contribution in [0.2, 0.25) is 0 Å². The molecule has 158 valence electrons. The highest BCUT2D eigenvalue weighted by molar-refractivity contribution is 7.89. The number of hydrogen-bond acceptors (Lipinski definition) is 7. The zero-order chi connectivity index (χ0) is 21.3. The highest BCUT2D eigenvalue weighted by Gasteiger charge is 2.29. The molecular formula is C18H19FN6O4S. The van der Waals surface area contributed by atoms with Crippen LogP contribution in [0.25, 0.3) is 5.69 Å². The van der Waals surface area contributed by atoms with Crippen molar-refractivity contribution < 1.29 is 22.0 Å². The van der Waals surface area contributed by atoms with Gasteiger partial charge >= 0.3 is 0 Å². The number of hydrogen-bond donors (Lipinski definition) is 1. The van der Waals surface area contributed by atoms with Gasteiger partial charge in [-0.05, 0) is 60.5 Å². The van der Waals surface area contributed by atoms with Gasteiger partial charge in [0.1, 0.15) is 11.5 Å². The molecule has 3 heterocycles. The molecule has 1 fully saturated rings. The standard InChI is InChI=1S/C18H19FN6O4S/c1-12-21-22-23-25(12)15-11-13(5-6-14(15)19)20-18(26)16-7-8-17(29-16)30(27,28)24-9-3-2-4-10-24/h5-8,11H,2-4,9-10H2,1H3,(H,20,26). The molecule has 1 amide bonds. The maximum absolute atomic E-state index is 14.2. The fraction of sp³-hybridized carbons (Fsp3) is 0.333. The van der Waals surface area contributed by atoms with Crippen LogP contribution in [0.5, 0.6) is 0 Å². The first-order valence-electron chi connectivity index (χ1n) is 9.32. The topological polar surface area (TPSA) is 123 Å². The van der Waals surface area contributed by atoms with E-state index < -0.39 is 21.7 Å². The maximum atomic E-state index is 14.2. The Morgan fingerprint density at radius 2 is 1.93 bits per heavy atom. The van der Waals surface area contributed by atoms with E-state index in [1.54, 1.807) is 6.92 Å². The molecule has 0 radical (unpaired) electrons. The van der Waals surface area contributed by atoms with Crippen LogP contribution in [-0.2, 0) is 10.0 Å². The van der Waals surface area contributed by atoms with Gasteiger partial charge in [-0.15, -0.1) is 5.10 Å². The van der Waals surface area contributed by atoms with E-state index in [4.69, 9.17) is 4.42 Å². The van der Waals surface area contributed by atoms with Gasteiger partial charge in [-0.25, -0.2) is 12.8 Å². The van der Waals surface area contributed by atoms with E-state index in [9.17, 15) is 17.6 Å². The zero-order valence-electron chi connectivity index (χ0n) is 16.1. The third-order valence-corrected chi connectivity index (χ3v) is 6.54. The van der Waals surface area contributed by atoms with Crippen molar-refractivity contribution >= 4 is 21.6 Å². The molecule has 0 unspecified atom stereocenters. The van der Waals surface area contributed by atoms with Crippen molar-refractivity contribution in [1.29, 1.82) is 0 Å². The Bertz CT molecular complexity index is 1180. The lowest BCUT2D eigenvalue weighted by Gasteiger charge is -2.24. The second-order valence-electron chi connectivity index (χ2n) is 6.84. The van der Waals surface area contributed by atoms with Crippen LogP contribution < -0.4 is 5.32 Å². The quantitative estimate of drug-likeness (QED) is 0.652. The van der Waals surface area contributed by atoms with Crippen LogP contribution in [0.1, 0.15) is 35.6 Å². The van der Waals surface area contributed by atoms with E-state index in [1.807, 2.05) is 0 Å². The van der Waals surface area contributed by atoms with E-state index in [2.05, 4.69) is 20.8 Å². The molecule has 1 aliphatic heterocycles. The molecule has 3 aromatic rings. The second-order valence-corrected chi connectivity index (χ2v) is 8.71. The Morgan fingerprint density at radius 3 is 2.63 bits per heavy atom. The Morgan fingerprint density at radius 1 is 1.17 bits per heavy atom. The van der Waals surface area contributed by atoms with Crippen molar-refractivity contribution in [2.24, 2.45) is 0 Å². The van der Waals surface area contributed by atoms with E-state index >= 15 is 0 Å². The van der Waals surface area contributed by atoms with Crippen LogP contribution in [0.4, 0.5) is 10.1 Å². The molecule has 0 spiro atoms. The second kappa shape index (κ2) is 7.95. The number of tetrazole rings is 1. The van der Waals surface area contributed by atoms with Crippen molar-refractivity contribution in [1.82, 2.24) is 24.5 Å². The molecule has 0 atom stereocenters. The summed E-state index contributed by atoms with van der Waals surface area (Å²) in [7, 11) is -3.78. The number of nitrogens with one attached hydrogen (secondary N) is 1. The normalized spacial score (nSPS) is 15.3. The molecule has 12 heteroatoms. The Balaban J connectivity index is 1.53. The lowest BCUT2D eigenvalue weighted by molar-refractivity contribution is 0.0991. The van der Waals surface area contributed by atoms with E-state index in [0.717, 1.165) is 19.3 Å². The van der Waals surface area contributed by atoms with Gasteiger partial charge in [0.2, 0.25) is 5.09 Å². The predicted octanol–water partition coefficient (Wildman–Crippen LogP) is 2.13. The lowest BCUT2D eigenvalue weighted by atomic mass is 10.2. The minimum absolute atomic E-state index is 0.0584. The number of piperidine rings is 1. The number of benzene rings is 1. The number of sulfonamides is 1. The summed E-state index contributed by atoms with van der Waals surface area (Å²) in [6.45, 7) is 2.47. The molecular weight excluding hydrogens is 415 g/mol. The Hall–Kier alpha value is -3.12. The van der Waals surface area contributed by atoms with Gasteiger partial charge in [-0.3, -0.25) is 4.79 Å². The first-order valence-corrected chi connectivity index (χ1v) is 10.8. The molecule has 1 aromatic carbocycles. The van der Waals surface area contributed by atoms with Crippen molar-refractivity contribution in [3.05, 3.63) is 47.7 Å². The third-order valence-electron chi connectivity index (χ3n) is 4.77. The fourth-order valence-electron chi connectivity index (χ4n) is 3.21. The molecule has 10 nitrogen and oxygen atoms in total.